The van der Waals surface area contributed by atoms with Gasteiger partial charge >= 0.3 is 0 Å². The van der Waals surface area contributed by atoms with Gasteiger partial charge in [-0.15, -0.1) is 6.58 Å². The van der Waals surface area contributed by atoms with Crippen LogP contribution in [-0.2, 0) is 4.74 Å². The Morgan fingerprint density at radius 2 is 1.75 bits per heavy atom. The molecule has 0 spiro atoms. The zero-order valence-electron chi connectivity index (χ0n) is 15.8. The fourth-order valence-corrected chi connectivity index (χ4v) is 2.72. The zero-order chi connectivity index (χ0) is 19.0. The van der Waals surface area contributed by atoms with Crippen LogP contribution in [-0.4, -0.2) is 101 Å². The van der Waals surface area contributed by atoms with Gasteiger partial charge in [-0.05, 0) is 54.9 Å². The summed E-state index contributed by atoms with van der Waals surface area (Å²) in [6, 6.07) is -0.0637. The normalized spacial score (nSPS) is 31.2. The Morgan fingerprint density at radius 3 is 2.12 bits per heavy atom. The second-order valence-electron chi connectivity index (χ2n) is 6.94. The van der Waals surface area contributed by atoms with Gasteiger partial charge in [0.25, 0.3) is 0 Å². The first-order valence-corrected chi connectivity index (χ1v) is 8.34. The van der Waals surface area contributed by atoms with Crippen molar-refractivity contribution in [3.63, 3.8) is 0 Å². The van der Waals surface area contributed by atoms with Gasteiger partial charge in [0.05, 0.1) is 18.3 Å². The van der Waals surface area contributed by atoms with Crippen LogP contribution < -0.4 is 0 Å². The second-order valence-corrected chi connectivity index (χ2v) is 6.94. The molecule has 0 aromatic rings. The average molecular weight is 348 g/mol. The fraction of sp³-hybridized carbons (Fsp3) is 0.882. The number of ether oxygens (including phenoxy) is 1. The van der Waals surface area contributed by atoms with Crippen LogP contribution in [0, 0.1) is 0 Å². The molecule has 7 heteroatoms. The molecule has 7 nitrogen and oxygen atoms in total. The summed E-state index contributed by atoms with van der Waals surface area (Å²) < 4.78 is 5.06. The van der Waals surface area contributed by atoms with Gasteiger partial charge in [0.15, 0.2) is 6.29 Å². The first-order valence-electron chi connectivity index (χ1n) is 8.34. The average Bonchev–Trinajstić information content (AvgIpc) is 2.47. The van der Waals surface area contributed by atoms with E-state index in [-0.39, 0.29) is 18.2 Å². The van der Waals surface area contributed by atoms with E-state index in [1.165, 1.54) is 6.08 Å². The van der Waals surface area contributed by atoms with Crippen LogP contribution in [0.3, 0.4) is 0 Å². The summed E-state index contributed by atoms with van der Waals surface area (Å²) in [5, 5.41) is 37.4. The van der Waals surface area contributed by atoms with Gasteiger partial charge in [-0.3, -0.25) is 0 Å². The monoisotopic (exact) mass is 348 g/mol. The molecule has 0 radical (unpaired) electrons. The molecule has 1 rings (SSSR count). The van der Waals surface area contributed by atoms with Crippen LogP contribution in [0.5, 0.6) is 0 Å². The van der Waals surface area contributed by atoms with Gasteiger partial charge in [0.1, 0.15) is 6.10 Å². The molecule has 144 valence electrons. The first-order chi connectivity index (χ1) is 11.0. The Bertz CT molecular complexity index is 352. The van der Waals surface area contributed by atoms with Crippen molar-refractivity contribution in [3.8, 4) is 0 Å². The summed E-state index contributed by atoms with van der Waals surface area (Å²) in [5.74, 6) is 0. The number of rotatable bonds is 6. The predicted molar refractivity (Wildman–Crippen MR) is 94.6 cm³/mol. The lowest BCUT2D eigenvalue weighted by Crippen LogP contribution is -2.53. The Hall–Kier alpha value is -0.540. The Labute approximate surface area is 146 Å². The van der Waals surface area contributed by atoms with Gasteiger partial charge in [0.2, 0.25) is 0 Å². The SMILES string of the molecule is C=C[C@H](O)[C@H](C[C@@H](C)O)N(C)C.CC1CC(N(C)C)[C@@H](O)[C@H](O)O1. The summed E-state index contributed by atoms with van der Waals surface area (Å²) in [5.41, 5.74) is 0. The topological polar surface area (TPSA) is 96.6 Å². The maximum atomic E-state index is 9.51. The van der Waals surface area contributed by atoms with Gasteiger partial charge in [-0.1, -0.05) is 6.08 Å². The Morgan fingerprint density at radius 1 is 1.21 bits per heavy atom. The maximum absolute atomic E-state index is 9.51. The van der Waals surface area contributed by atoms with Gasteiger partial charge in [0, 0.05) is 12.1 Å². The molecule has 0 amide bonds. The predicted octanol–water partition coefficient (Wildman–Crippen LogP) is -0.361. The van der Waals surface area contributed by atoms with Crippen LogP contribution in [0.15, 0.2) is 12.7 Å². The summed E-state index contributed by atoms with van der Waals surface area (Å²) in [7, 11) is 7.52. The maximum Gasteiger partial charge on any atom is 0.182 e. The van der Waals surface area contributed by atoms with E-state index in [0.717, 1.165) is 6.42 Å². The van der Waals surface area contributed by atoms with E-state index in [1.807, 2.05) is 44.9 Å². The quantitative estimate of drug-likeness (QED) is 0.487. The van der Waals surface area contributed by atoms with Gasteiger partial charge in [-0.25, -0.2) is 0 Å². The first kappa shape index (κ1) is 23.5. The molecule has 4 N–H and O–H groups in total. The van der Waals surface area contributed by atoms with Gasteiger partial charge in [-0.2, -0.15) is 0 Å². The molecular weight excluding hydrogens is 312 g/mol. The van der Waals surface area contributed by atoms with Crippen molar-refractivity contribution in [2.45, 2.75) is 69.5 Å². The van der Waals surface area contributed by atoms with Crippen molar-refractivity contribution >= 4 is 0 Å². The molecule has 1 fully saturated rings. The Balaban J connectivity index is 0.000000441. The standard InChI is InChI=1S/C9H19NO2.C8H17NO3/c1-5-9(12)8(10(3)4)6-7(2)11;1-5-4-6(9(2)3)7(10)8(11)12-5/h5,7-9,11-12H,1,6H2,2-4H3;5-8,10-11H,4H2,1-3H3/t7-,8+,9+;5?,6?,7-,8-/m11/s1. The molecule has 1 aliphatic heterocycles. The largest absolute Gasteiger partial charge is 0.393 e. The van der Waals surface area contributed by atoms with E-state index in [9.17, 15) is 15.3 Å². The third kappa shape index (κ3) is 8.02. The third-order valence-electron chi connectivity index (χ3n) is 4.18. The number of nitrogens with zero attached hydrogens (tertiary/aromatic N) is 2. The molecule has 24 heavy (non-hydrogen) atoms. The summed E-state index contributed by atoms with van der Waals surface area (Å²) in [4.78, 5) is 3.80. The van der Waals surface area contributed by atoms with Crippen LogP contribution >= 0.6 is 0 Å². The van der Waals surface area contributed by atoms with E-state index in [4.69, 9.17) is 9.84 Å². The van der Waals surface area contributed by atoms with Crippen molar-refractivity contribution in [1.82, 2.24) is 9.80 Å². The molecule has 1 aliphatic rings. The van der Waals surface area contributed by atoms with E-state index >= 15 is 0 Å². The molecule has 1 heterocycles. The molecule has 0 aliphatic carbocycles. The van der Waals surface area contributed by atoms with E-state index < -0.39 is 24.6 Å². The summed E-state index contributed by atoms with van der Waals surface area (Å²) in [6.07, 6.45) is 0.00750. The summed E-state index contributed by atoms with van der Waals surface area (Å²) >= 11 is 0. The van der Waals surface area contributed by atoms with E-state index in [1.54, 1.807) is 6.92 Å². The fourth-order valence-electron chi connectivity index (χ4n) is 2.72. The smallest absolute Gasteiger partial charge is 0.182 e. The molecular formula is C17H36N2O5. The van der Waals surface area contributed by atoms with Crippen molar-refractivity contribution in [3.05, 3.63) is 12.7 Å². The van der Waals surface area contributed by atoms with E-state index in [2.05, 4.69) is 6.58 Å². The highest BCUT2D eigenvalue weighted by molar-refractivity contribution is 4.89. The van der Waals surface area contributed by atoms with Crippen molar-refractivity contribution in [1.29, 1.82) is 0 Å². The third-order valence-corrected chi connectivity index (χ3v) is 4.18. The molecule has 0 bridgehead atoms. The number of likely N-dealkylation sites (N-methyl/N-ethyl adjacent to an activating group) is 2. The molecule has 0 aromatic carbocycles. The molecule has 1 saturated heterocycles. The second kappa shape index (κ2) is 11.1. The van der Waals surface area contributed by atoms with Crippen molar-refractivity contribution in [2.75, 3.05) is 28.2 Å². The van der Waals surface area contributed by atoms with Crippen LogP contribution in [0.4, 0.5) is 0 Å². The Kier molecular flexibility index (Phi) is 10.9. The highest BCUT2D eigenvalue weighted by Crippen LogP contribution is 2.21. The van der Waals surface area contributed by atoms with Crippen LogP contribution in [0.1, 0.15) is 26.7 Å². The van der Waals surface area contributed by atoms with Crippen molar-refractivity contribution in [2.24, 2.45) is 0 Å². The summed E-state index contributed by atoms with van der Waals surface area (Å²) in [6.45, 7) is 7.12. The van der Waals surface area contributed by atoms with Crippen LogP contribution in [0.25, 0.3) is 0 Å². The minimum absolute atomic E-state index is 0.01000. The molecule has 0 saturated carbocycles. The van der Waals surface area contributed by atoms with Crippen LogP contribution in [0.2, 0.25) is 0 Å². The number of aliphatic hydroxyl groups excluding tert-OH is 4. The molecule has 7 atom stereocenters. The highest BCUT2D eigenvalue weighted by Gasteiger charge is 2.35. The molecule has 2 unspecified atom stereocenters. The van der Waals surface area contributed by atoms with Crippen molar-refractivity contribution < 1.29 is 25.2 Å². The number of hydrogen-bond acceptors (Lipinski definition) is 7. The molecule has 0 aromatic heterocycles. The lowest BCUT2D eigenvalue weighted by molar-refractivity contribution is -0.230. The minimum atomic E-state index is -1.04. The van der Waals surface area contributed by atoms with E-state index in [0.29, 0.717) is 6.42 Å². The highest BCUT2D eigenvalue weighted by atomic mass is 16.6. The lowest BCUT2D eigenvalue weighted by atomic mass is 9.99. The minimum Gasteiger partial charge on any atom is -0.393 e. The lowest BCUT2D eigenvalue weighted by Gasteiger charge is -2.38. The zero-order valence-corrected chi connectivity index (χ0v) is 15.8. The number of aliphatic hydroxyl groups is 4. The van der Waals surface area contributed by atoms with Gasteiger partial charge < -0.3 is 35.0 Å². The number of hydrogen-bond donors (Lipinski definition) is 4.